The molecule has 3 nitrogen and oxygen atoms in total. The second-order valence-electron chi connectivity index (χ2n) is 5.11. The fraction of sp³-hybridized carbons (Fsp3) is 0.400. The number of aromatic nitrogens is 2. The predicted molar refractivity (Wildman–Crippen MR) is 72.2 cm³/mol. The van der Waals surface area contributed by atoms with Gasteiger partial charge in [-0.3, -0.25) is 0 Å². The number of nitrogens with zero attached hydrogens (tertiary/aromatic N) is 2. The molecule has 1 heterocycles. The zero-order valence-corrected chi connectivity index (χ0v) is 10.8. The van der Waals surface area contributed by atoms with Gasteiger partial charge in [-0.1, -0.05) is 12.1 Å². The minimum absolute atomic E-state index is 0.168. The molecular weight excluding hydrogens is 241 g/mol. The fourth-order valence-corrected chi connectivity index (χ4v) is 2.18. The van der Waals surface area contributed by atoms with E-state index in [1.807, 2.05) is 18.6 Å². The molecule has 19 heavy (non-hydrogen) atoms. The highest BCUT2D eigenvalue weighted by molar-refractivity contribution is 5.16. The minimum atomic E-state index is -0.168. The summed E-state index contributed by atoms with van der Waals surface area (Å²) in [5.74, 6) is -0.168. The number of nitrogens with one attached hydrogen (secondary N) is 1. The average molecular weight is 259 g/mol. The van der Waals surface area contributed by atoms with E-state index in [1.54, 1.807) is 12.1 Å². The van der Waals surface area contributed by atoms with Gasteiger partial charge in [0.05, 0.1) is 12.0 Å². The summed E-state index contributed by atoms with van der Waals surface area (Å²) in [6.45, 7) is 1.71. The van der Waals surface area contributed by atoms with Gasteiger partial charge in [0.2, 0.25) is 0 Å². The second-order valence-corrected chi connectivity index (χ2v) is 5.11. The van der Waals surface area contributed by atoms with Crippen molar-refractivity contribution in [2.45, 2.75) is 38.4 Å². The third-order valence-corrected chi connectivity index (χ3v) is 3.48. The van der Waals surface area contributed by atoms with Crippen LogP contribution in [-0.4, -0.2) is 15.6 Å². The molecule has 0 saturated heterocycles. The number of hydrogen-bond donors (Lipinski definition) is 1. The molecule has 0 bridgehead atoms. The molecule has 2 aromatic rings. The number of halogens is 1. The maximum Gasteiger partial charge on any atom is 0.123 e. The van der Waals surface area contributed by atoms with Gasteiger partial charge in [-0.05, 0) is 37.0 Å². The van der Waals surface area contributed by atoms with Crippen molar-refractivity contribution in [2.24, 2.45) is 0 Å². The number of benzene rings is 1. The van der Waals surface area contributed by atoms with Crippen molar-refractivity contribution in [3.63, 3.8) is 0 Å². The van der Waals surface area contributed by atoms with Crippen molar-refractivity contribution in [2.75, 3.05) is 0 Å². The van der Waals surface area contributed by atoms with Crippen molar-refractivity contribution in [1.29, 1.82) is 0 Å². The summed E-state index contributed by atoms with van der Waals surface area (Å²) in [5, 5.41) is 3.49. The van der Waals surface area contributed by atoms with Crippen LogP contribution < -0.4 is 5.32 Å². The molecular formula is C15H18FN3. The van der Waals surface area contributed by atoms with E-state index >= 15 is 0 Å². The van der Waals surface area contributed by atoms with Gasteiger partial charge in [0.1, 0.15) is 5.82 Å². The second kappa shape index (κ2) is 5.53. The zero-order chi connectivity index (χ0) is 13.1. The van der Waals surface area contributed by atoms with Crippen LogP contribution in [0.25, 0.3) is 0 Å². The van der Waals surface area contributed by atoms with Crippen molar-refractivity contribution in [1.82, 2.24) is 14.9 Å². The first-order chi connectivity index (χ1) is 9.31. The van der Waals surface area contributed by atoms with Crippen molar-refractivity contribution < 1.29 is 4.39 Å². The van der Waals surface area contributed by atoms with E-state index in [-0.39, 0.29) is 5.82 Å². The Morgan fingerprint density at radius 1 is 1.37 bits per heavy atom. The fourth-order valence-electron chi connectivity index (χ4n) is 2.18. The summed E-state index contributed by atoms with van der Waals surface area (Å²) >= 11 is 0. The average Bonchev–Trinajstić information content (AvgIpc) is 3.13. The normalized spacial score (nSPS) is 14.8. The zero-order valence-electron chi connectivity index (χ0n) is 10.8. The highest BCUT2D eigenvalue weighted by atomic mass is 19.1. The molecule has 0 amide bonds. The Kier molecular flexibility index (Phi) is 3.60. The maximum atomic E-state index is 13.1. The lowest BCUT2D eigenvalue weighted by atomic mass is 10.1. The molecule has 1 N–H and O–H groups in total. The lowest BCUT2D eigenvalue weighted by molar-refractivity contribution is 0.600. The van der Waals surface area contributed by atoms with Gasteiger partial charge in [0, 0.05) is 25.3 Å². The molecule has 1 aliphatic rings. The molecule has 0 spiro atoms. The van der Waals surface area contributed by atoms with E-state index in [1.165, 1.54) is 24.6 Å². The van der Waals surface area contributed by atoms with E-state index in [0.29, 0.717) is 6.04 Å². The topological polar surface area (TPSA) is 29.9 Å². The Balaban J connectivity index is 1.58. The van der Waals surface area contributed by atoms with E-state index in [4.69, 9.17) is 0 Å². The first-order valence-electron chi connectivity index (χ1n) is 6.78. The first kappa shape index (κ1) is 12.4. The summed E-state index contributed by atoms with van der Waals surface area (Å²) in [4.78, 5) is 4.20. The maximum absolute atomic E-state index is 13.1. The van der Waals surface area contributed by atoms with Crippen LogP contribution in [0.3, 0.4) is 0 Å². The van der Waals surface area contributed by atoms with Crippen LogP contribution in [0, 0.1) is 5.82 Å². The third-order valence-electron chi connectivity index (χ3n) is 3.48. The molecule has 1 aromatic heterocycles. The summed E-state index contributed by atoms with van der Waals surface area (Å²) in [6.07, 6.45) is 7.16. The highest BCUT2D eigenvalue weighted by Crippen LogP contribution is 2.19. The number of hydrogen-bond acceptors (Lipinski definition) is 2. The quantitative estimate of drug-likeness (QED) is 0.864. The lowest BCUT2D eigenvalue weighted by Gasteiger charge is -2.09. The van der Waals surface area contributed by atoms with Gasteiger partial charge in [-0.2, -0.15) is 0 Å². The van der Waals surface area contributed by atoms with E-state index in [0.717, 1.165) is 25.1 Å². The van der Waals surface area contributed by atoms with Gasteiger partial charge in [-0.15, -0.1) is 0 Å². The van der Waals surface area contributed by atoms with Gasteiger partial charge >= 0.3 is 0 Å². The van der Waals surface area contributed by atoms with E-state index in [9.17, 15) is 4.39 Å². The minimum Gasteiger partial charge on any atom is -0.333 e. The third kappa shape index (κ3) is 3.41. The number of aryl methyl sites for hydroxylation is 2. The number of rotatable bonds is 6. The van der Waals surface area contributed by atoms with Crippen LogP contribution in [0.15, 0.2) is 36.8 Å². The van der Waals surface area contributed by atoms with E-state index in [2.05, 4.69) is 14.9 Å². The van der Waals surface area contributed by atoms with Crippen molar-refractivity contribution >= 4 is 0 Å². The molecule has 3 rings (SSSR count). The molecule has 0 atom stereocenters. The summed E-state index contributed by atoms with van der Waals surface area (Å²) in [7, 11) is 0. The Hall–Kier alpha value is -1.68. The van der Waals surface area contributed by atoms with Gasteiger partial charge in [0.15, 0.2) is 0 Å². The Morgan fingerprint density at radius 2 is 2.26 bits per heavy atom. The molecule has 4 heteroatoms. The van der Waals surface area contributed by atoms with Crippen LogP contribution in [0.5, 0.6) is 0 Å². The van der Waals surface area contributed by atoms with Crippen LogP contribution in [-0.2, 0) is 19.5 Å². The summed E-state index contributed by atoms with van der Waals surface area (Å²) in [5.41, 5.74) is 2.22. The van der Waals surface area contributed by atoms with E-state index < -0.39 is 0 Å². The lowest BCUT2D eigenvalue weighted by Crippen LogP contribution is -2.18. The smallest absolute Gasteiger partial charge is 0.123 e. The largest absolute Gasteiger partial charge is 0.333 e. The monoisotopic (exact) mass is 259 g/mol. The summed E-state index contributed by atoms with van der Waals surface area (Å²) < 4.78 is 15.2. The van der Waals surface area contributed by atoms with Crippen LogP contribution in [0.1, 0.15) is 24.1 Å². The Labute approximate surface area is 112 Å². The standard InChI is InChI=1S/C15H18FN3/c16-13-3-1-2-12(8-13)6-7-19-11-17-9-15(19)10-18-14-4-5-14/h1-3,8-9,11,14,18H,4-7,10H2. The predicted octanol–water partition coefficient (Wildman–Crippen LogP) is 2.52. The number of imidazole rings is 1. The van der Waals surface area contributed by atoms with Crippen LogP contribution in [0.4, 0.5) is 4.39 Å². The SMILES string of the molecule is Fc1cccc(CCn2cncc2CNC2CC2)c1. The van der Waals surface area contributed by atoms with Crippen molar-refractivity contribution in [3.05, 3.63) is 53.9 Å². The first-order valence-corrected chi connectivity index (χ1v) is 6.78. The van der Waals surface area contributed by atoms with Crippen LogP contribution in [0.2, 0.25) is 0 Å². The molecule has 0 aliphatic heterocycles. The summed E-state index contributed by atoms with van der Waals surface area (Å²) in [6, 6.07) is 7.49. The Morgan fingerprint density at radius 3 is 3.05 bits per heavy atom. The van der Waals surface area contributed by atoms with Crippen LogP contribution >= 0.6 is 0 Å². The van der Waals surface area contributed by atoms with Gasteiger partial charge in [0.25, 0.3) is 0 Å². The molecule has 1 saturated carbocycles. The molecule has 0 unspecified atom stereocenters. The van der Waals surface area contributed by atoms with Gasteiger partial charge in [-0.25, -0.2) is 9.37 Å². The van der Waals surface area contributed by atoms with Gasteiger partial charge < -0.3 is 9.88 Å². The molecule has 100 valence electrons. The highest BCUT2D eigenvalue weighted by Gasteiger charge is 2.20. The molecule has 1 aromatic carbocycles. The molecule has 1 aliphatic carbocycles. The van der Waals surface area contributed by atoms with Crippen molar-refractivity contribution in [3.8, 4) is 0 Å². The molecule has 0 radical (unpaired) electrons. The Bertz CT molecular complexity index is 546. The molecule has 1 fully saturated rings.